The van der Waals surface area contributed by atoms with E-state index in [2.05, 4.69) is 10.2 Å². The number of carbonyl (C=O) groups is 1. The maximum Gasteiger partial charge on any atom is 0.251 e. The van der Waals surface area contributed by atoms with Gasteiger partial charge in [-0.1, -0.05) is 0 Å². The standard InChI is InChI=1S/C12H21N3O2/c16-12(11-2-1-7-17-11)15-5-3-14(4-6-15)10-8-13-9-10/h10-11,13H,1-9H2. The van der Waals surface area contributed by atoms with Crippen LogP contribution in [0.3, 0.4) is 0 Å². The molecule has 0 spiro atoms. The van der Waals surface area contributed by atoms with Crippen LogP contribution in [0.1, 0.15) is 12.8 Å². The molecule has 0 aromatic heterocycles. The predicted molar refractivity (Wildman–Crippen MR) is 63.8 cm³/mol. The summed E-state index contributed by atoms with van der Waals surface area (Å²) in [4.78, 5) is 16.6. The van der Waals surface area contributed by atoms with Gasteiger partial charge >= 0.3 is 0 Å². The van der Waals surface area contributed by atoms with Gasteiger partial charge in [-0.05, 0) is 12.8 Å². The van der Waals surface area contributed by atoms with Gasteiger partial charge in [-0.3, -0.25) is 9.69 Å². The van der Waals surface area contributed by atoms with Crippen molar-refractivity contribution < 1.29 is 9.53 Å². The number of carbonyl (C=O) groups excluding carboxylic acids is 1. The molecule has 3 aliphatic rings. The van der Waals surface area contributed by atoms with Crippen molar-refractivity contribution in [1.82, 2.24) is 15.1 Å². The average Bonchev–Trinajstić information content (AvgIpc) is 2.80. The summed E-state index contributed by atoms with van der Waals surface area (Å²) in [5, 5.41) is 3.30. The molecule has 1 unspecified atom stereocenters. The highest BCUT2D eigenvalue weighted by atomic mass is 16.5. The monoisotopic (exact) mass is 239 g/mol. The fraction of sp³-hybridized carbons (Fsp3) is 0.917. The molecule has 0 aromatic rings. The smallest absolute Gasteiger partial charge is 0.251 e. The van der Waals surface area contributed by atoms with Crippen molar-refractivity contribution >= 4 is 5.91 Å². The van der Waals surface area contributed by atoms with Crippen molar-refractivity contribution in [3.63, 3.8) is 0 Å². The Morgan fingerprint density at radius 3 is 2.47 bits per heavy atom. The predicted octanol–water partition coefficient (Wildman–Crippen LogP) is -0.719. The molecule has 3 fully saturated rings. The van der Waals surface area contributed by atoms with Gasteiger partial charge in [0.15, 0.2) is 0 Å². The van der Waals surface area contributed by atoms with Crippen LogP contribution in [-0.4, -0.2) is 73.7 Å². The molecule has 1 atom stereocenters. The van der Waals surface area contributed by atoms with Crippen LogP contribution in [-0.2, 0) is 9.53 Å². The van der Waals surface area contributed by atoms with Crippen LogP contribution in [0.25, 0.3) is 0 Å². The second-order valence-corrected chi connectivity index (χ2v) is 5.17. The molecule has 96 valence electrons. The van der Waals surface area contributed by atoms with Gasteiger partial charge in [0.2, 0.25) is 0 Å². The Morgan fingerprint density at radius 1 is 1.18 bits per heavy atom. The first-order valence-electron chi connectivity index (χ1n) is 6.70. The summed E-state index contributed by atoms with van der Waals surface area (Å²) < 4.78 is 5.46. The van der Waals surface area contributed by atoms with Gasteiger partial charge in [0.1, 0.15) is 6.10 Å². The van der Waals surface area contributed by atoms with Gasteiger partial charge < -0.3 is 15.0 Å². The number of amides is 1. The molecule has 1 N–H and O–H groups in total. The summed E-state index contributed by atoms with van der Waals surface area (Å²) in [7, 11) is 0. The Hall–Kier alpha value is -0.650. The Labute approximate surface area is 102 Å². The molecule has 5 heteroatoms. The summed E-state index contributed by atoms with van der Waals surface area (Å²) in [5.41, 5.74) is 0. The number of piperazine rings is 1. The van der Waals surface area contributed by atoms with E-state index in [1.165, 1.54) is 0 Å². The van der Waals surface area contributed by atoms with E-state index in [9.17, 15) is 4.79 Å². The molecule has 3 heterocycles. The summed E-state index contributed by atoms with van der Waals surface area (Å²) in [5.74, 6) is 0.217. The van der Waals surface area contributed by atoms with Crippen molar-refractivity contribution in [2.24, 2.45) is 0 Å². The fourth-order valence-corrected chi connectivity index (χ4v) is 2.82. The second kappa shape index (κ2) is 4.92. The van der Waals surface area contributed by atoms with E-state index in [0.29, 0.717) is 6.04 Å². The number of hydrogen-bond donors (Lipinski definition) is 1. The van der Waals surface area contributed by atoms with Gasteiger partial charge in [-0.2, -0.15) is 0 Å². The van der Waals surface area contributed by atoms with Crippen LogP contribution in [0.5, 0.6) is 0 Å². The SMILES string of the molecule is O=C(C1CCCO1)N1CCN(C2CNC2)CC1. The van der Waals surface area contributed by atoms with Crippen molar-refractivity contribution in [1.29, 1.82) is 0 Å². The van der Waals surface area contributed by atoms with Crippen molar-refractivity contribution in [2.75, 3.05) is 45.9 Å². The van der Waals surface area contributed by atoms with Gasteiger partial charge in [-0.25, -0.2) is 0 Å². The molecule has 0 bridgehead atoms. The highest BCUT2D eigenvalue weighted by Crippen LogP contribution is 2.17. The summed E-state index contributed by atoms with van der Waals surface area (Å²) >= 11 is 0. The third-order valence-corrected chi connectivity index (χ3v) is 4.11. The molecular formula is C12H21N3O2. The zero-order chi connectivity index (χ0) is 11.7. The largest absolute Gasteiger partial charge is 0.368 e. The Bertz CT molecular complexity index is 279. The summed E-state index contributed by atoms with van der Waals surface area (Å²) in [6.45, 7) is 6.75. The van der Waals surface area contributed by atoms with Crippen LogP contribution in [0.2, 0.25) is 0 Å². The number of nitrogens with one attached hydrogen (secondary N) is 1. The van der Waals surface area contributed by atoms with Gasteiger partial charge in [0.05, 0.1) is 0 Å². The van der Waals surface area contributed by atoms with Crippen molar-refractivity contribution in [3.8, 4) is 0 Å². The first-order chi connectivity index (χ1) is 8.34. The van der Waals surface area contributed by atoms with Gasteiger partial charge in [0, 0.05) is 51.9 Å². The van der Waals surface area contributed by atoms with Crippen molar-refractivity contribution in [3.05, 3.63) is 0 Å². The summed E-state index contributed by atoms with van der Waals surface area (Å²) in [6, 6.07) is 0.704. The van der Waals surface area contributed by atoms with E-state index in [4.69, 9.17) is 4.74 Å². The molecule has 3 saturated heterocycles. The maximum absolute atomic E-state index is 12.1. The first-order valence-corrected chi connectivity index (χ1v) is 6.70. The molecule has 3 aliphatic heterocycles. The molecule has 17 heavy (non-hydrogen) atoms. The van der Waals surface area contributed by atoms with E-state index in [1.54, 1.807) is 0 Å². The minimum absolute atomic E-state index is 0.146. The lowest BCUT2D eigenvalue weighted by Gasteiger charge is -2.43. The first kappa shape index (κ1) is 11.4. The molecular weight excluding hydrogens is 218 g/mol. The third-order valence-electron chi connectivity index (χ3n) is 4.11. The lowest BCUT2D eigenvalue weighted by atomic mass is 10.1. The average molecular weight is 239 g/mol. The van der Waals surface area contributed by atoms with E-state index in [1.807, 2.05) is 4.90 Å². The molecule has 0 saturated carbocycles. The van der Waals surface area contributed by atoms with Crippen LogP contribution in [0.15, 0.2) is 0 Å². The van der Waals surface area contributed by atoms with Crippen LogP contribution >= 0.6 is 0 Å². The molecule has 1 amide bonds. The number of nitrogens with zero attached hydrogens (tertiary/aromatic N) is 2. The topological polar surface area (TPSA) is 44.8 Å². The minimum Gasteiger partial charge on any atom is -0.368 e. The molecule has 3 rings (SSSR count). The number of hydrogen-bond acceptors (Lipinski definition) is 4. The van der Waals surface area contributed by atoms with Crippen LogP contribution in [0.4, 0.5) is 0 Å². The van der Waals surface area contributed by atoms with Crippen molar-refractivity contribution in [2.45, 2.75) is 25.0 Å². The van der Waals surface area contributed by atoms with Gasteiger partial charge in [-0.15, -0.1) is 0 Å². The second-order valence-electron chi connectivity index (χ2n) is 5.17. The van der Waals surface area contributed by atoms with E-state index in [0.717, 1.165) is 58.7 Å². The van der Waals surface area contributed by atoms with Crippen LogP contribution in [0, 0.1) is 0 Å². The van der Waals surface area contributed by atoms with Gasteiger partial charge in [0.25, 0.3) is 5.91 Å². The zero-order valence-corrected chi connectivity index (χ0v) is 10.2. The van der Waals surface area contributed by atoms with E-state index in [-0.39, 0.29) is 12.0 Å². The molecule has 0 radical (unpaired) electrons. The number of rotatable bonds is 2. The molecule has 0 aromatic carbocycles. The number of ether oxygens (including phenoxy) is 1. The zero-order valence-electron chi connectivity index (χ0n) is 10.2. The normalized spacial score (nSPS) is 31.5. The maximum atomic E-state index is 12.1. The van der Waals surface area contributed by atoms with Crippen LogP contribution < -0.4 is 5.32 Å². The Kier molecular flexibility index (Phi) is 3.31. The van der Waals surface area contributed by atoms with E-state index >= 15 is 0 Å². The highest BCUT2D eigenvalue weighted by molar-refractivity contribution is 5.81. The lowest BCUT2D eigenvalue weighted by Crippen LogP contribution is -2.62. The fourth-order valence-electron chi connectivity index (χ4n) is 2.82. The lowest BCUT2D eigenvalue weighted by molar-refractivity contribution is -0.143. The van der Waals surface area contributed by atoms with E-state index < -0.39 is 0 Å². The minimum atomic E-state index is -0.146. The Balaban J connectivity index is 1.48. The molecule has 5 nitrogen and oxygen atoms in total. The quantitative estimate of drug-likeness (QED) is 0.691. The molecule has 0 aliphatic carbocycles. The Morgan fingerprint density at radius 2 is 1.94 bits per heavy atom. The summed E-state index contributed by atoms with van der Waals surface area (Å²) in [6.07, 6.45) is 1.79. The highest BCUT2D eigenvalue weighted by Gasteiger charge is 2.33. The third kappa shape index (κ3) is 2.32.